The van der Waals surface area contributed by atoms with Crippen LogP contribution in [-0.4, -0.2) is 30.9 Å². The molecule has 0 saturated heterocycles. The molecular formula is C32H44O5. The van der Waals surface area contributed by atoms with Crippen LogP contribution in [0.1, 0.15) is 95.3 Å². The molecule has 0 aliphatic heterocycles. The standard InChI is InChI=1S/C32H44O5/c1-20(10-15-29(34)36-4)25-13-14-26-24-12-11-22-18-23(37-30(35)21-8-6-5-7-9-21)16-17-31(22,2)27(24)19-28(33)32(25,26)3/h5-9,20,22-27H,10-19H2,1-4H3/t20-,22+,23+,24-,25-,26+,27+,31-,32-/m0/s1. The van der Waals surface area contributed by atoms with Crippen molar-refractivity contribution in [2.24, 2.45) is 46.3 Å². The molecule has 0 bridgehead atoms. The molecule has 4 aliphatic rings. The van der Waals surface area contributed by atoms with Gasteiger partial charge >= 0.3 is 11.9 Å². The summed E-state index contributed by atoms with van der Waals surface area (Å²) in [6.45, 7) is 6.93. The van der Waals surface area contributed by atoms with Gasteiger partial charge < -0.3 is 9.47 Å². The molecule has 9 atom stereocenters. The van der Waals surface area contributed by atoms with Crippen molar-refractivity contribution in [3.8, 4) is 0 Å². The molecule has 5 rings (SSSR count). The molecule has 5 nitrogen and oxygen atoms in total. The first-order valence-electron chi connectivity index (χ1n) is 14.5. The lowest BCUT2D eigenvalue weighted by molar-refractivity contribution is -0.160. The van der Waals surface area contributed by atoms with E-state index in [0.717, 1.165) is 38.5 Å². The Bertz CT molecular complexity index is 1020. The molecular weight excluding hydrogens is 464 g/mol. The second-order valence-corrected chi connectivity index (χ2v) is 13.0. The van der Waals surface area contributed by atoms with Gasteiger partial charge in [-0.15, -0.1) is 0 Å². The molecule has 4 aliphatic carbocycles. The highest BCUT2D eigenvalue weighted by Crippen LogP contribution is 2.67. The SMILES string of the molecule is COC(=O)CC[C@H](C)[C@@H]1CC[C@@H]2[C@@H]3CC[C@@H]4C[C@H](OC(=O)c5ccccc5)CC[C@]4(C)[C@@H]3CC(=O)[C@]21C. The largest absolute Gasteiger partial charge is 0.469 e. The number of ketones is 1. The van der Waals surface area contributed by atoms with E-state index in [-0.39, 0.29) is 28.9 Å². The minimum atomic E-state index is -0.262. The van der Waals surface area contributed by atoms with Crippen molar-refractivity contribution >= 4 is 17.7 Å². The van der Waals surface area contributed by atoms with Gasteiger partial charge in [-0.05, 0) is 104 Å². The van der Waals surface area contributed by atoms with Crippen molar-refractivity contribution < 1.29 is 23.9 Å². The van der Waals surface area contributed by atoms with Crippen molar-refractivity contribution in [3.05, 3.63) is 35.9 Å². The van der Waals surface area contributed by atoms with E-state index in [4.69, 9.17) is 9.47 Å². The minimum absolute atomic E-state index is 0.0292. The van der Waals surface area contributed by atoms with Crippen LogP contribution in [0, 0.1) is 46.3 Å². The predicted molar refractivity (Wildman–Crippen MR) is 142 cm³/mol. The van der Waals surface area contributed by atoms with Gasteiger partial charge in [-0.3, -0.25) is 9.59 Å². The van der Waals surface area contributed by atoms with Crippen LogP contribution >= 0.6 is 0 Å². The summed E-state index contributed by atoms with van der Waals surface area (Å²) in [4.78, 5) is 38.4. The van der Waals surface area contributed by atoms with Gasteiger partial charge in [-0.25, -0.2) is 4.79 Å². The molecule has 4 saturated carbocycles. The van der Waals surface area contributed by atoms with E-state index in [0.29, 0.717) is 59.7 Å². The highest BCUT2D eigenvalue weighted by Gasteiger charge is 2.64. The lowest BCUT2D eigenvalue weighted by atomic mass is 9.44. The van der Waals surface area contributed by atoms with Gasteiger partial charge in [-0.2, -0.15) is 0 Å². The maximum Gasteiger partial charge on any atom is 0.338 e. The van der Waals surface area contributed by atoms with Crippen molar-refractivity contribution in [2.45, 2.75) is 91.1 Å². The highest BCUT2D eigenvalue weighted by atomic mass is 16.5. The minimum Gasteiger partial charge on any atom is -0.469 e. The normalized spacial score (nSPS) is 39.6. The quantitative estimate of drug-likeness (QED) is 0.403. The Hall–Kier alpha value is -2.17. The molecule has 1 aromatic rings. The molecule has 1 aromatic carbocycles. The van der Waals surface area contributed by atoms with Gasteiger partial charge in [0.15, 0.2) is 0 Å². The van der Waals surface area contributed by atoms with Crippen LogP contribution in [0.3, 0.4) is 0 Å². The Morgan fingerprint density at radius 3 is 2.51 bits per heavy atom. The molecule has 0 N–H and O–H groups in total. The average Bonchev–Trinajstić information content (AvgIpc) is 3.27. The van der Waals surface area contributed by atoms with Crippen LogP contribution in [0.15, 0.2) is 30.3 Å². The molecule has 0 aromatic heterocycles. The number of hydrogen-bond donors (Lipinski definition) is 0. The fourth-order valence-electron chi connectivity index (χ4n) is 9.42. The van der Waals surface area contributed by atoms with Gasteiger partial charge in [-0.1, -0.05) is 39.0 Å². The molecule has 0 radical (unpaired) electrons. The van der Waals surface area contributed by atoms with E-state index in [2.05, 4.69) is 20.8 Å². The average molecular weight is 509 g/mol. The van der Waals surface area contributed by atoms with Crippen molar-refractivity contribution in [1.29, 1.82) is 0 Å². The lowest BCUT2D eigenvalue weighted by Gasteiger charge is -2.60. The van der Waals surface area contributed by atoms with Crippen molar-refractivity contribution in [3.63, 3.8) is 0 Å². The second-order valence-electron chi connectivity index (χ2n) is 13.0. The maximum absolute atomic E-state index is 14.0. The summed E-state index contributed by atoms with van der Waals surface area (Å²) < 4.78 is 10.8. The van der Waals surface area contributed by atoms with E-state index >= 15 is 0 Å². The third-order valence-electron chi connectivity index (χ3n) is 11.6. The molecule has 37 heavy (non-hydrogen) atoms. The van der Waals surface area contributed by atoms with E-state index in [1.54, 1.807) is 0 Å². The number of carbonyl (C=O) groups is 3. The van der Waals surface area contributed by atoms with Gasteiger partial charge in [0.2, 0.25) is 0 Å². The topological polar surface area (TPSA) is 69.7 Å². The Balaban J connectivity index is 1.27. The maximum atomic E-state index is 14.0. The van der Waals surface area contributed by atoms with Crippen LogP contribution < -0.4 is 0 Å². The summed E-state index contributed by atoms with van der Waals surface area (Å²) in [6.07, 6.45) is 9.31. The lowest BCUT2D eigenvalue weighted by Crippen LogP contribution is -2.57. The van der Waals surface area contributed by atoms with Crippen LogP contribution in [0.5, 0.6) is 0 Å². The van der Waals surface area contributed by atoms with Crippen LogP contribution in [0.25, 0.3) is 0 Å². The van der Waals surface area contributed by atoms with Crippen LogP contribution in [0.2, 0.25) is 0 Å². The number of fused-ring (bicyclic) bond motifs is 5. The number of benzene rings is 1. The Labute approximate surface area is 222 Å². The number of ether oxygens (including phenoxy) is 2. The third kappa shape index (κ3) is 4.55. The molecule has 0 unspecified atom stereocenters. The van der Waals surface area contributed by atoms with Gasteiger partial charge in [0.25, 0.3) is 0 Å². The molecule has 5 heteroatoms. The summed E-state index contributed by atoms with van der Waals surface area (Å²) in [7, 11) is 1.45. The highest BCUT2D eigenvalue weighted by molar-refractivity contribution is 5.89. The van der Waals surface area contributed by atoms with Crippen molar-refractivity contribution in [2.75, 3.05) is 7.11 Å². The summed E-state index contributed by atoms with van der Waals surface area (Å²) in [5, 5.41) is 0. The summed E-state index contributed by atoms with van der Waals surface area (Å²) in [6, 6.07) is 9.29. The molecule has 4 fully saturated rings. The first-order valence-corrected chi connectivity index (χ1v) is 14.5. The zero-order valence-electron chi connectivity index (χ0n) is 23.0. The molecule has 202 valence electrons. The summed E-state index contributed by atoms with van der Waals surface area (Å²) in [5.74, 6) is 2.79. The number of methoxy groups -OCH3 is 1. The number of carbonyl (C=O) groups excluding carboxylic acids is 3. The van der Waals surface area contributed by atoms with Gasteiger partial charge in [0, 0.05) is 18.3 Å². The smallest absolute Gasteiger partial charge is 0.338 e. The molecule has 0 amide bonds. The van der Waals surface area contributed by atoms with E-state index in [1.165, 1.54) is 20.0 Å². The van der Waals surface area contributed by atoms with E-state index in [1.807, 2.05) is 30.3 Å². The molecule has 0 heterocycles. The zero-order valence-corrected chi connectivity index (χ0v) is 23.0. The summed E-state index contributed by atoms with van der Waals surface area (Å²) in [5.41, 5.74) is 0.500. The zero-order chi connectivity index (χ0) is 26.4. The predicted octanol–water partition coefficient (Wildman–Crippen LogP) is 6.64. The number of Topliss-reactive ketones (excluding diaryl/α,β-unsaturated/α-hetero) is 1. The van der Waals surface area contributed by atoms with Gasteiger partial charge in [0.1, 0.15) is 11.9 Å². The third-order valence-corrected chi connectivity index (χ3v) is 11.6. The Morgan fingerprint density at radius 2 is 1.78 bits per heavy atom. The second kappa shape index (κ2) is 10.2. The van der Waals surface area contributed by atoms with Crippen LogP contribution in [-0.2, 0) is 19.1 Å². The van der Waals surface area contributed by atoms with E-state index < -0.39 is 0 Å². The summed E-state index contributed by atoms with van der Waals surface area (Å²) >= 11 is 0. The fraction of sp³-hybridized carbons (Fsp3) is 0.719. The van der Waals surface area contributed by atoms with E-state index in [9.17, 15) is 14.4 Å². The number of esters is 2. The number of hydrogen-bond acceptors (Lipinski definition) is 5. The number of rotatable bonds is 6. The molecule has 0 spiro atoms. The first kappa shape index (κ1) is 26.4. The first-order chi connectivity index (χ1) is 17.7. The fourth-order valence-corrected chi connectivity index (χ4v) is 9.42. The van der Waals surface area contributed by atoms with Crippen LogP contribution in [0.4, 0.5) is 0 Å². The van der Waals surface area contributed by atoms with Gasteiger partial charge in [0.05, 0.1) is 12.7 Å². The monoisotopic (exact) mass is 508 g/mol. The Morgan fingerprint density at radius 1 is 1.03 bits per heavy atom. The Kier molecular flexibility index (Phi) is 7.28. The van der Waals surface area contributed by atoms with Crippen molar-refractivity contribution in [1.82, 2.24) is 0 Å².